The summed E-state index contributed by atoms with van der Waals surface area (Å²) in [6.07, 6.45) is 0. The summed E-state index contributed by atoms with van der Waals surface area (Å²) in [5.41, 5.74) is 0.181. The fourth-order valence-corrected chi connectivity index (χ4v) is 0.989. The second kappa shape index (κ2) is 2.89. The smallest absolute Gasteiger partial charge is 0.201 e. The van der Waals surface area contributed by atoms with Gasteiger partial charge in [-0.3, -0.25) is 0 Å². The first kappa shape index (κ1) is 8.02. The number of aromatic nitrogens is 3. The van der Waals surface area contributed by atoms with E-state index in [0.29, 0.717) is 5.15 Å². The minimum Gasteiger partial charge on any atom is -0.230 e. The number of nitrogens with zero attached hydrogens (tertiary/aromatic N) is 4. The van der Waals surface area contributed by atoms with Crippen LogP contribution in [0, 0.1) is 11.3 Å². The van der Waals surface area contributed by atoms with Crippen molar-refractivity contribution < 1.29 is 0 Å². The molecule has 0 unspecified atom stereocenters. The fourth-order valence-electron chi connectivity index (χ4n) is 0.680. The van der Waals surface area contributed by atoms with Crippen LogP contribution in [0.15, 0.2) is 0 Å². The van der Waals surface area contributed by atoms with Gasteiger partial charge in [-0.25, -0.2) is 4.68 Å². The van der Waals surface area contributed by atoms with E-state index in [1.807, 2.05) is 19.9 Å². The molecule has 0 aliphatic carbocycles. The monoisotopic (exact) mass is 170 g/mol. The van der Waals surface area contributed by atoms with E-state index >= 15 is 0 Å². The summed E-state index contributed by atoms with van der Waals surface area (Å²) in [6.45, 7) is 3.84. The largest absolute Gasteiger partial charge is 0.230 e. The molecule has 0 radical (unpaired) electrons. The average Bonchev–Trinajstić information content (AvgIpc) is 2.30. The van der Waals surface area contributed by atoms with Crippen LogP contribution in [0.4, 0.5) is 0 Å². The lowest BCUT2D eigenvalue weighted by atomic mass is 10.4. The van der Waals surface area contributed by atoms with Crippen LogP contribution in [-0.4, -0.2) is 15.0 Å². The molecule has 58 valence electrons. The molecule has 0 aliphatic rings. The summed E-state index contributed by atoms with van der Waals surface area (Å²) >= 11 is 5.73. The minimum absolute atomic E-state index is 0.136. The Hall–Kier alpha value is -1.08. The van der Waals surface area contributed by atoms with Crippen LogP contribution in [-0.2, 0) is 0 Å². The van der Waals surface area contributed by atoms with E-state index in [-0.39, 0.29) is 11.7 Å². The van der Waals surface area contributed by atoms with Gasteiger partial charge < -0.3 is 0 Å². The van der Waals surface area contributed by atoms with Crippen molar-refractivity contribution in [1.29, 1.82) is 5.26 Å². The normalized spacial score (nSPS) is 10.1. The molecule has 1 rings (SSSR count). The second-order valence-electron chi connectivity index (χ2n) is 2.38. The molecule has 0 saturated carbocycles. The van der Waals surface area contributed by atoms with Crippen molar-refractivity contribution in [2.75, 3.05) is 0 Å². The molecule has 0 bridgehead atoms. The SMILES string of the molecule is CC(C)n1nnc(C#N)c1Cl. The van der Waals surface area contributed by atoms with E-state index in [0.717, 1.165) is 0 Å². The average molecular weight is 171 g/mol. The zero-order valence-electron chi connectivity index (χ0n) is 6.24. The Kier molecular flexibility index (Phi) is 2.11. The molecule has 1 heterocycles. The van der Waals surface area contributed by atoms with Gasteiger partial charge >= 0.3 is 0 Å². The predicted molar refractivity (Wildman–Crippen MR) is 40.1 cm³/mol. The minimum atomic E-state index is 0.136. The molecule has 1 aromatic rings. The second-order valence-corrected chi connectivity index (χ2v) is 2.74. The van der Waals surface area contributed by atoms with Crippen molar-refractivity contribution in [1.82, 2.24) is 15.0 Å². The first-order chi connectivity index (χ1) is 5.16. The Morgan fingerprint density at radius 3 is 2.55 bits per heavy atom. The van der Waals surface area contributed by atoms with Gasteiger partial charge in [0.1, 0.15) is 6.07 Å². The molecule has 5 heteroatoms. The van der Waals surface area contributed by atoms with E-state index in [4.69, 9.17) is 16.9 Å². The van der Waals surface area contributed by atoms with Crippen molar-refractivity contribution in [3.05, 3.63) is 10.8 Å². The van der Waals surface area contributed by atoms with E-state index < -0.39 is 0 Å². The van der Waals surface area contributed by atoms with Crippen LogP contribution in [0.25, 0.3) is 0 Å². The Balaban J connectivity index is 3.13. The third kappa shape index (κ3) is 1.33. The Morgan fingerprint density at radius 2 is 2.27 bits per heavy atom. The lowest BCUT2D eigenvalue weighted by molar-refractivity contribution is 0.514. The van der Waals surface area contributed by atoms with Crippen molar-refractivity contribution in [2.24, 2.45) is 0 Å². The highest BCUT2D eigenvalue weighted by Gasteiger charge is 2.11. The van der Waals surface area contributed by atoms with Crippen molar-refractivity contribution >= 4 is 11.6 Å². The first-order valence-electron chi connectivity index (χ1n) is 3.17. The van der Waals surface area contributed by atoms with Crippen LogP contribution in [0.5, 0.6) is 0 Å². The highest BCUT2D eigenvalue weighted by Crippen LogP contribution is 2.15. The van der Waals surface area contributed by atoms with Gasteiger partial charge in [0, 0.05) is 6.04 Å². The molecule has 0 spiro atoms. The zero-order chi connectivity index (χ0) is 8.43. The maximum atomic E-state index is 8.46. The Labute approximate surface area is 69.4 Å². The molecular weight excluding hydrogens is 164 g/mol. The number of hydrogen-bond acceptors (Lipinski definition) is 3. The van der Waals surface area contributed by atoms with E-state index in [2.05, 4.69) is 10.3 Å². The predicted octanol–water partition coefficient (Wildman–Crippen LogP) is 1.38. The summed E-state index contributed by atoms with van der Waals surface area (Å²) in [5, 5.41) is 16.0. The molecule has 0 fully saturated rings. The summed E-state index contributed by atoms with van der Waals surface area (Å²) in [4.78, 5) is 0. The number of hydrogen-bond donors (Lipinski definition) is 0. The van der Waals surface area contributed by atoms with Crippen LogP contribution >= 0.6 is 11.6 Å². The third-order valence-electron chi connectivity index (χ3n) is 1.23. The summed E-state index contributed by atoms with van der Waals surface area (Å²) < 4.78 is 1.50. The summed E-state index contributed by atoms with van der Waals surface area (Å²) in [7, 11) is 0. The summed E-state index contributed by atoms with van der Waals surface area (Å²) in [5.74, 6) is 0. The third-order valence-corrected chi connectivity index (χ3v) is 1.58. The van der Waals surface area contributed by atoms with E-state index in [9.17, 15) is 0 Å². The van der Waals surface area contributed by atoms with Gasteiger partial charge in [-0.15, -0.1) is 5.10 Å². The van der Waals surface area contributed by atoms with Gasteiger partial charge in [0.05, 0.1) is 0 Å². The number of rotatable bonds is 1. The van der Waals surface area contributed by atoms with E-state index in [1.54, 1.807) is 0 Å². The summed E-state index contributed by atoms with van der Waals surface area (Å²) in [6, 6.07) is 1.98. The molecule has 1 aromatic heterocycles. The van der Waals surface area contributed by atoms with Gasteiger partial charge in [0.25, 0.3) is 0 Å². The van der Waals surface area contributed by atoms with Crippen molar-refractivity contribution in [2.45, 2.75) is 19.9 Å². The maximum absolute atomic E-state index is 8.46. The first-order valence-corrected chi connectivity index (χ1v) is 3.55. The lowest BCUT2D eigenvalue weighted by Gasteiger charge is -2.03. The fraction of sp³-hybridized carbons (Fsp3) is 0.500. The quantitative estimate of drug-likeness (QED) is 0.640. The molecule has 4 nitrogen and oxygen atoms in total. The van der Waals surface area contributed by atoms with Crippen molar-refractivity contribution in [3.63, 3.8) is 0 Å². The van der Waals surface area contributed by atoms with Gasteiger partial charge in [-0.1, -0.05) is 16.8 Å². The van der Waals surface area contributed by atoms with Gasteiger partial charge in [0.15, 0.2) is 5.15 Å². The molecule has 0 saturated heterocycles. The molecule has 0 amide bonds. The highest BCUT2D eigenvalue weighted by atomic mass is 35.5. The van der Waals surface area contributed by atoms with Crippen LogP contribution in [0.2, 0.25) is 5.15 Å². The van der Waals surface area contributed by atoms with Gasteiger partial charge in [-0.2, -0.15) is 5.26 Å². The molecule has 0 atom stereocenters. The zero-order valence-corrected chi connectivity index (χ0v) is 7.00. The van der Waals surface area contributed by atoms with Gasteiger partial charge in [0.2, 0.25) is 5.69 Å². The van der Waals surface area contributed by atoms with E-state index in [1.165, 1.54) is 4.68 Å². The number of nitriles is 1. The molecular formula is C6H7ClN4. The topological polar surface area (TPSA) is 54.5 Å². The molecule has 11 heavy (non-hydrogen) atoms. The van der Waals surface area contributed by atoms with Crippen LogP contribution < -0.4 is 0 Å². The Morgan fingerprint density at radius 1 is 1.64 bits per heavy atom. The lowest BCUT2D eigenvalue weighted by Crippen LogP contribution is -2.02. The van der Waals surface area contributed by atoms with Crippen molar-refractivity contribution in [3.8, 4) is 6.07 Å². The van der Waals surface area contributed by atoms with Gasteiger partial charge in [-0.05, 0) is 13.8 Å². The highest BCUT2D eigenvalue weighted by molar-refractivity contribution is 6.30. The number of halogens is 1. The standard InChI is InChI=1S/C6H7ClN4/c1-4(2)11-6(7)5(3-8)9-10-11/h4H,1-2H3. The molecule has 0 aliphatic heterocycles. The molecule has 0 aromatic carbocycles. The van der Waals surface area contributed by atoms with Crippen LogP contribution in [0.1, 0.15) is 25.6 Å². The Bertz CT molecular complexity index is 296. The van der Waals surface area contributed by atoms with Crippen LogP contribution in [0.3, 0.4) is 0 Å². The molecule has 0 N–H and O–H groups in total. The maximum Gasteiger partial charge on any atom is 0.201 e.